The number of rotatable bonds is 9. The quantitative estimate of drug-likeness (QED) is 0.327. The number of guanidine groups is 1. The molecule has 0 aliphatic rings. The molecule has 1 aromatic rings. The zero-order valence-electron chi connectivity index (χ0n) is 15.0. The molecular weight excluding hydrogens is 286 g/mol. The van der Waals surface area contributed by atoms with Gasteiger partial charge in [-0.2, -0.15) is 0 Å². The van der Waals surface area contributed by atoms with E-state index < -0.39 is 0 Å². The monoisotopic (exact) mass is 317 g/mol. The Morgan fingerprint density at radius 3 is 2.83 bits per heavy atom. The van der Waals surface area contributed by atoms with Crippen LogP contribution in [0.2, 0.25) is 0 Å². The Labute approximate surface area is 141 Å². The number of nitrogens with zero attached hydrogens (tertiary/aromatic N) is 2. The molecule has 1 N–H and O–H groups in total. The molecule has 0 saturated carbocycles. The third-order valence-electron chi connectivity index (χ3n) is 3.78. The highest BCUT2D eigenvalue weighted by molar-refractivity contribution is 5.79. The maximum absolute atomic E-state index is 5.45. The van der Waals surface area contributed by atoms with E-state index in [1.807, 2.05) is 24.3 Å². The molecule has 23 heavy (non-hydrogen) atoms. The van der Waals surface area contributed by atoms with Crippen molar-refractivity contribution in [2.75, 3.05) is 33.8 Å². The standard InChI is InChI=1S/C19H31N3O/c1-6-8-11-14-22(4)19(20-7-2)21-15-16(3)17-12-9-10-13-18(17)23-5/h6,9-10,12-13,16H,1,7-8,11,14-15H2,2-5H3,(H,20,21). The van der Waals surface area contributed by atoms with Gasteiger partial charge in [0.2, 0.25) is 0 Å². The molecule has 0 spiro atoms. The normalized spacial score (nSPS) is 12.6. The molecule has 1 aromatic carbocycles. The summed E-state index contributed by atoms with van der Waals surface area (Å²) in [6, 6.07) is 8.16. The Kier molecular flexibility index (Phi) is 8.88. The van der Waals surface area contributed by atoms with Crippen LogP contribution in [0.3, 0.4) is 0 Å². The lowest BCUT2D eigenvalue weighted by molar-refractivity contribution is 0.406. The van der Waals surface area contributed by atoms with E-state index in [1.54, 1.807) is 7.11 Å². The van der Waals surface area contributed by atoms with Crippen LogP contribution < -0.4 is 10.1 Å². The van der Waals surface area contributed by atoms with E-state index in [1.165, 1.54) is 5.56 Å². The number of benzene rings is 1. The Morgan fingerprint density at radius 1 is 1.43 bits per heavy atom. The van der Waals surface area contributed by atoms with Crippen molar-refractivity contribution in [3.05, 3.63) is 42.5 Å². The Bertz CT molecular complexity index is 499. The number of ether oxygens (including phenoxy) is 1. The maximum atomic E-state index is 5.45. The van der Waals surface area contributed by atoms with Crippen molar-refractivity contribution < 1.29 is 4.74 Å². The van der Waals surface area contributed by atoms with Gasteiger partial charge >= 0.3 is 0 Å². The molecule has 0 radical (unpaired) electrons. The summed E-state index contributed by atoms with van der Waals surface area (Å²) in [6.45, 7) is 10.6. The van der Waals surface area contributed by atoms with E-state index in [0.29, 0.717) is 5.92 Å². The first-order chi connectivity index (χ1) is 11.1. The van der Waals surface area contributed by atoms with E-state index in [4.69, 9.17) is 9.73 Å². The lowest BCUT2D eigenvalue weighted by Crippen LogP contribution is -2.39. The highest BCUT2D eigenvalue weighted by Crippen LogP contribution is 2.26. The van der Waals surface area contributed by atoms with Gasteiger partial charge in [-0.05, 0) is 31.4 Å². The number of aliphatic imine (C=N–C) groups is 1. The fourth-order valence-corrected chi connectivity index (χ4v) is 2.44. The molecule has 1 rings (SSSR count). The highest BCUT2D eigenvalue weighted by atomic mass is 16.5. The molecule has 0 aliphatic heterocycles. The summed E-state index contributed by atoms with van der Waals surface area (Å²) in [5, 5.41) is 3.36. The van der Waals surface area contributed by atoms with E-state index >= 15 is 0 Å². The lowest BCUT2D eigenvalue weighted by Gasteiger charge is -2.22. The summed E-state index contributed by atoms with van der Waals surface area (Å²) in [7, 11) is 3.80. The fraction of sp³-hybridized carbons (Fsp3) is 0.526. The number of para-hydroxylation sites is 1. The fourth-order valence-electron chi connectivity index (χ4n) is 2.44. The predicted octanol–water partition coefficient (Wildman–Crippen LogP) is 3.66. The third kappa shape index (κ3) is 6.35. The summed E-state index contributed by atoms with van der Waals surface area (Å²) in [5.74, 6) is 2.19. The first kappa shape index (κ1) is 19.1. The Balaban J connectivity index is 2.73. The van der Waals surface area contributed by atoms with Crippen molar-refractivity contribution in [1.82, 2.24) is 10.2 Å². The smallest absolute Gasteiger partial charge is 0.193 e. The molecule has 0 bridgehead atoms. The maximum Gasteiger partial charge on any atom is 0.193 e. The number of hydrogen-bond donors (Lipinski definition) is 1. The van der Waals surface area contributed by atoms with Crippen LogP contribution >= 0.6 is 0 Å². The molecule has 128 valence electrons. The van der Waals surface area contributed by atoms with Gasteiger partial charge in [0.15, 0.2) is 5.96 Å². The van der Waals surface area contributed by atoms with Gasteiger partial charge in [-0.3, -0.25) is 4.99 Å². The number of methoxy groups -OCH3 is 1. The first-order valence-electron chi connectivity index (χ1n) is 8.37. The SMILES string of the molecule is C=CCCCN(C)C(=NCC(C)c1ccccc1OC)NCC. The molecule has 1 atom stereocenters. The van der Waals surface area contributed by atoms with E-state index in [2.05, 4.69) is 43.8 Å². The second kappa shape index (κ2) is 10.7. The molecule has 4 nitrogen and oxygen atoms in total. The van der Waals surface area contributed by atoms with Gasteiger partial charge in [0.1, 0.15) is 5.75 Å². The second-order valence-electron chi connectivity index (χ2n) is 5.69. The molecule has 0 fully saturated rings. The van der Waals surface area contributed by atoms with E-state index in [9.17, 15) is 0 Å². The van der Waals surface area contributed by atoms with Crippen LogP contribution in [-0.2, 0) is 0 Å². The van der Waals surface area contributed by atoms with Crippen LogP contribution in [0.1, 0.15) is 38.2 Å². The minimum Gasteiger partial charge on any atom is -0.496 e. The van der Waals surface area contributed by atoms with Crippen molar-refractivity contribution in [3.8, 4) is 5.75 Å². The van der Waals surface area contributed by atoms with Crippen molar-refractivity contribution in [3.63, 3.8) is 0 Å². The zero-order chi connectivity index (χ0) is 17.1. The van der Waals surface area contributed by atoms with Gasteiger partial charge < -0.3 is 15.0 Å². The van der Waals surface area contributed by atoms with Crippen LogP contribution in [0.4, 0.5) is 0 Å². The summed E-state index contributed by atoms with van der Waals surface area (Å²) in [4.78, 5) is 6.98. The molecule has 0 aliphatic carbocycles. The van der Waals surface area contributed by atoms with Gasteiger partial charge in [-0.15, -0.1) is 6.58 Å². The Morgan fingerprint density at radius 2 is 2.17 bits per heavy atom. The van der Waals surface area contributed by atoms with Crippen LogP contribution in [-0.4, -0.2) is 44.7 Å². The Hall–Kier alpha value is -1.97. The molecule has 1 unspecified atom stereocenters. The summed E-state index contributed by atoms with van der Waals surface area (Å²) in [5.41, 5.74) is 1.20. The largest absolute Gasteiger partial charge is 0.496 e. The van der Waals surface area contributed by atoms with Crippen molar-refractivity contribution in [2.45, 2.75) is 32.6 Å². The van der Waals surface area contributed by atoms with Crippen LogP contribution in [0.5, 0.6) is 5.75 Å². The van der Waals surface area contributed by atoms with Gasteiger partial charge in [-0.25, -0.2) is 0 Å². The van der Waals surface area contributed by atoms with Crippen molar-refractivity contribution in [2.24, 2.45) is 4.99 Å². The van der Waals surface area contributed by atoms with Gasteiger partial charge in [0, 0.05) is 32.6 Å². The minimum absolute atomic E-state index is 0.307. The van der Waals surface area contributed by atoms with Gasteiger partial charge in [-0.1, -0.05) is 31.2 Å². The van der Waals surface area contributed by atoms with Gasteiger partial charge in [0.05, 0.1) is 7.11 Å². The summed E-state index contributed by atoms with van der Waals surface area (Å²) >= 11 is 0. The van der Waals surface area contributed by atoms with E-state index in [0.717, 1.165) is 44.2 Å². The molecule has 0 saturated heterocycles. The number of unbranched alkanes of at least 4 members (excludes halogenated alkanes) is 1. The van der Waals surface area contributed by atoms with Crippen molar-refractivity contribution >= 4 is 5.96 Å². The van der Waals surface area contributed by atoms with E-state index in [-0.39, 0.29) is 0 Å². The second-order valence-corrected chi connectivity index (χ2v) is 5.69. The highest BCUT2D eigenvalue weighted by Gasteiger charge is 2.12. The summed E-state index contributed by atoms with van der Waals surface area (Å²) in [6.07, 6.45) is 4.08. The molecule has 4 heteroatoms. The first-order valence-corrected chi connectivity index (χ1v) is 8.37. The number of allylic oxidation sites excluding steroid dienone is 1. The van der Waals surface area contributed by atoms with Crippen LogP contribution in [0.15, 0.2) is 41.9 Å². The average molecular weight is 317 g/mol. The predicted molar refractivity (Wildman–Crippen MR) is 99.4 cm³/mol. The molecule has 0 heterocycles. The summed E-state index contributed by atoms with van der Waals surface area (Å²) < 4.78 is 5.45. The third-order valence-corrected chi connectivity index (χ3v) is 3.78. The number of hydrogen-bond acceptors (Lipinski definition) is 2. The van der Waals surface area contributed by atoms with Crippen molar-refractivity contribution in [1.29, 1.82) is 0 Å². The minimum atomic E-state index is 0.307. The molecule has 0 aromatic heterocycles. The van der Waals surface area contributed by atoms with Gasteiger partial charge in [0.25, 0.3) is 0 Å². The van der Waals surface area contributed by atoms with Crippen LogP contribution in [0.25, 0.3) is 0 Å². The average Bonchev–Trinajstić information content (AvgIpc) is 2.58. The molecule has 0 amide bonds. The lowest BCUT2D eigenvalue weighted by atomic mass is 10.0. The number of nitrogens with one attached hydrogen (secondary N) is 1. The molecular formula is C19H31N3O. The van der Waals surface area contributed by atoms with Crippen LogP contribution in [0, 0.1) is 0 Å². The zero-order valence-corrected chi connectivity index (χ0v) is 15.0. The topological polar surface area (TPSA) is 36.9 Å².